The van der Waals surface area contributed by atoms with Crippen molar-refractivity contribution in [2.24, 2.45) is 5.73 Å². The van der Waals surface area contributed by atoms with E-state index >= 15 is 0 Å². The number of aromatic nitrogens is 1. The molecule has 0 radical (unpaired) electrons. The average Bonchev–Trinajstić information content (AvgIpc) is 2.74. The van der Waals surface area contributed by atoms with Crippen molar-refractivity contribution in [2.45, 2.75) is 45.3 Å². The molecular weight excluding hydrogens is 246 g/mol. The van der Waals surface area contributed by atoms with Crippen LogP contribution in [0.1, 0.15) is 43.3 Å². The van der Waals surface area contributed by atoms with E-state index in [1.807, 2.05) is 0 Å². The maximum Gasteiger partial charge on any atom is 0.185 e. The van der Waals surface area contributed by atoms with Gasteiger partial charge in [0.25, 0.3) is 0 Å². The summed E-state index contributed by atoms with van der Waals surface area (Å²) in [5.74, 6) is 0. The molecule has 0 bridgehead atoms. The van der Waals surface area contributed by atoms with Gasteiger partial charge in [0.2, 0.25) is 0 Å². The Labute approximate surface area is 113 Å². The molecule has 1 unspecified atom stereocenters. The van der Waals surface area contributed by atoms with Gasteiger partial charge in [-0.2, -0.15) is 0 Å². The standard InChI is InChI=1S/C13H23N3OS/c1-9(2)17-8-7-16(3)13-15-12-10(14)5-4-6-11(12)18-13/h9-10H,4-8,14H2,1-3H3. The number of hydrogen-bond acceptors (Lipinski definition) is 5. The predicted molar refractivity (Wildman–Crippen MR) is 76.3 cm³/mol. The maximum atomic E-state index is 6.10. The molecule has 1 aliphatic rings. The van der Waals surface area contributed by atoms with Crippen molar-refractivity contribution in [1.29, 1.82) is 0 Å². The molecule has 1 aliphatic carbocycles. The summed E-state index contributed by atoms with van der Waals surface area (Å²) in [7, 11) is 2.07. The lowest BCUT2D eigenvalue weighted by molar-refractivity contribution is 0.0846. The summed E-state index contributed by atoms with van der Waals surface area (Å²) >= 11 is 1.79. The van der Waals surface area contributed by atoms with Crippen LogP contribution in [0, 0.1) is 0 Å². The van der Waals surface area contributed by atoms with Gasteiger partial charge in [0.05, 0.1) is 18.4 Å². The van der Waals surface area contributed by atoms with E-state index in [1.165, 1.54) is 11.3 Å². The van der Waals surface area contributed by atoms with Crippen LogP contribution in [-0.2, 0) is 11.2 Å². The van der Waals surface area contributed by atoms with Gasteiger partial charge >= 0.3 is 0 Å². The van der Waals surface area contributed by atoms with Crippen LogP contribution in [0.3, 0.4) is 0 Å². The number of nitrogens with two attached hydrogens (primary N) is 1. The number of nitrogens with zero attached hydrogens (tertiary/aromatic N) is 2. The first-order chi connectivity index (χ1) is 8.58. The highest BCUT2D eigenvalue weighted by Crippen LogP contribution is 2.35. The van der Waals surface area contributed by atoms with Gasteiger partial charge in [-0.3, -0.25) is 0 Å². The molecule has 0 saturated carbocycles. The highest BCUT2D eigenvalue weighted by molar-refractivity contribution is 7.15. The Morgan fingerprint density at radius 1 is 1.56 bits per heavy atom. The predicted octanol–water partition coefficient (Wildman–Crippen LogP) is 2.34. The highest BCUT2D eigenvalue weighted by Gasteiger charge is 2.22. The summed E-state index contributed by atoms with van der Waals surface area (Å²) in [6, 6.07) is 0.138. The Morgan fingerprint density at radius 3 is 3.00 bits per heavy atom. The van der Waals surface area contributed by atoms with Crippen molar-refractivity contribution in [3.8, 4) is 0 Å². The Morgan fingerprint density at radius 2 is 2.33 bits per heavy atom. The number of rotatable bonds is 5. The van der Waals surface area contributed by atoms with Crippen LogP contribution in [-0.4, -0.2) is 31.3 Å². The minimum atomic E-state index is 0.138. The monoisotopic (exact) mass is 269 g/mol. The average molecular weight is 269 g/mol. The zero-order chi connectivity index (χ0) is 13.1. The minimum absolute atomic E-state index is 0.138. The van der Waals surface area contributed by atoms with Crippen molar-refractivity contribution in [3.63, 3.8) is 0 Å². The summed E-state index contributed by atoms with van der Waals surface area (Å²) in [6.45, 7) is 5.73. The fourth-order valence-electron chi connectivity index (χ4n) is 2.12. The lowest BCUT2D eigenvalue weighted by Crippen LogP contribution is -2.24. The van der Waals surface area contributed by atoms with Crippen molar-refractivity contribution < 1.29 is 4.74 Å². The van der Waals surface area contributed by atoms with Gasteiger partial charge < -0.3 is 15.4 Å². The van der Waals surface area contributed by atoms with Gasteiger partial charge in [-0.05, 0) is 33.1 Å². The van der Waals surface area contributed by atoms with Crippen molar-refractivity contribution >= 4 is 16.5 Å². The number of thiazole rings is 1. The fraction of sp³-hybridized carbons (Fsp3) is 0.769. The molecule has 1 heterocycles. The second-order valence-electron chi connectivity index (χ2n) is 5.14. The number of likely N-dealkylation sites (N-methyl/N-ethyl adjacent to an activating group) is 1. The Hall–Kier alpha value is -0.650. The van der Waals surface area contributed by atoms with E-state index in [1.54, 1.807) is 11.3 Å². The summed E-state index contributed by atoms with van der Waals surface area (Å²) in [5.41, 5.74) is 7.22. The van der Waals surface area contributed by atoms with Gasteiger partial charge in [-0.25, -0.2) is 4.98 Å². The minimum Gasteiger partial charge on any atom is -0.377 e. The third-order valence-corrected chi connectivity index (χ3v) is 4.44. The van der Waals surface area contributed by atoms with Crippen molar-refractivity contribution in [2.75, 3.05) is 25.1 Å². The van der Waals surface area contributed by atoms with Gasteiger partial charge in [0.15, 0.2) is 5.13 Å². The molecule has 2 rings (SSSR count). The van der Waals surface area contributed by atoms with Gasteiger partial charge in [0, 0.05) is 24.5 Å². The van der Waals surface area contributed by atoms with E-state index in [0.717, 1.165) is 36.8 Å². The zero-order valence-corrected chi connectivity index (χ0v) is 12.3. The molecule has 0 amide bonds. The molecule has 5 heteroatoms. The molecule has 102 valence electrons. The Kier molecular flexibility index (Phi) is 4.59. The molecule has 0 fully saturated rings. The Balaban J connectivity index is 1.96. The van der Waals surface area contributed by atoms with Gasteiger partial charge in [-0.1, -0.05) is 0 Å². The normalized spacial score (nSPS) is 19.1. The molecule has 18 heavy (non-hydrogen) atoms. The highest BCUT2D eigenvalue weighted by atomic mass is 32.1. The Bertz CT molecular complexity index is 392. The van der Waals surface area contributed by atoms with E-state index in [2.05, 4.69) is 25.8 Å². The van der Waals surface area contributed by atoms with Crippen LogP contribution in [0.2, 0.25) is 0 Å². The van der Waals surface area contributed by atoms with Crippen LogP contribution in [0.5, 0.6) is 0 Å². The van der Waals surface area contributed by atoms with Gasteiger partial charge in [0.1, 0.15) is 0 Å². The molecule has 2 N–H and O–H groups in total. The first-order valence-electron chi connectivity index (χ1n) is 6.66. The zero-order valence-electron chi connectivity index (χ0n) is 11.5. The molecule has 4 nitrogen and oxygen atoms in total. The van der Waals surface area contributed by atoms with Gasteiger partial charge in [-0.15, -0.1) is 11.3 Å². The molecule has 0 aromatic carbocycles. The maximum absolute atomic E-state index is 6.10. The topological polar surface area (TPSA) is 51.4 Å². The number of hydrogen-bond donors (Lipinski definition) is 1. The van der Waals surface area contributed by atoms with E-state index in [-0.39, 0.29) is 12.1 Å². The third-order valence-electron chi connectivity index (χ3n) is 3.19. The first-order valence-corrected chi connectivity index (χ1v) is 7.47. The molecular formula is C13H23N3OS. The van der Waals surface area contributed by atoms with Crippen LogP contribution in [0.15, 0.2) is 0 Å². The quantitative estimate of drug-likeness (QED) is 0.891. The van der Waals surface area contributed by atoms with Crippen LogP contribution in [0.25, 0.3) is 0 Å². The third kappa shape index (κ3) is 3.22. The van der Waals surface area contributed by atoms with E-state index in [9.17, 15) is 0 Å². The van der Waals surface area contributed by atoms with Crippen LogP contribution in [0.4, 0.5) is 5.13 Å². The van der Waals surface area contributed by atoms with Crippen LogP contribution < -0.4 is 10.6 Å². The van der Waals surface area contributed by atoms with Crippen LogP contribution >= 0.6 is 11.3 Å². The summed E-state index contributed by atoms with van der Waals surface area (Å²) < 4.78 is 5.57. The first kappa shape index (κ1) is 13.8. The smallest absolute Gasteiger partial charge is 0.185 e. The molecule has 1 aromatic rings. The summed E-state index contributed by atoms with van der Waals surface area (Å²) in [4.78, 5) is 8.23. The second-order valence-corrected chi connectivity index (χ2v) is 6.21. The molecule has 1 aromatic heterocycles. The number of aryl methyl sites for hydroxylation is 1. The molecule has 1 atom stereocenters. The molecule has 0 saturated heterocycles. The van der Waals surface area contributed by atoms with Crippen molar-refractivity contribution in [3.05, 3.63) is 10.6 Å². The van der Waals surface area contributed by atoms with E-state index in [0.29, 0.717) is 0 Å². The second kappa shape index (κ2) is 5.99. The summed E-state index contributed by atoms with van der Waals surface area (Å²) in [6.07, 6.45) is 3.68. The SMILES string of the molecule is CC(C)OCCN(C)c1nc2c(s1)CCCC2N. The number of fused-ring (bicyclic) bond motifs is 1. The largest absolute Gasteiger partial charge is 0.377 e. The molecule has 0 spiro atoms. The fourth-order valence-corrected chi connectivity index (χ4v) is 3.28. The lowest BCUT2D eigenvalue weighted by Gasteiger charge is -2.17. The van der Waals surface area contributed by atoms with Crippen molar-refractivity contribution in [1.82, 2.24) is 4.98 Å². The lowest BCUT2D eigenvalue weighted by atomic mass is 9.99. The number of anilines is 1. The van der Waals surface area contributed by atoms with E-state index in [4.69, 9.17) is 15.5 Å². The molecule has 0 aliphatic heterocycles. The number of ether oxygens (including phenoxy) is 1. The summed E-state index contributed by atoms with van der Waals surface area (Å²) in [5, 5.41) is 1.07. The van der Waals surface area contributed by atoms with E-state index < -0.39 is 0 Å².